The molecule has 164 valence electrons. The number of aryl methyl sites for hydroxylation is 1. The predicted octanol–water partition coefficient (Wildman–Crippen LogP) is 6.55. The molecule has 5 rings (SSSR count). The van der Waals surface area contributed by atoms with Crippen molar-refractivity contribution in [3.05, 3.63) is 83.4 Å². The maximum Gasteiger partial charge on any atom is 0.124 e. The molecule has 1 atom stereocenters. The molecule has 0 saturated heterocycles. The van der Waals surface area contributed by atoms with Gasteiger partial charge in [0.25, 0.3) is 0 Å². The Labute approximate surface area is 190 Å². The first-order valence-electron chi connectivity index (χ1n) is 11.7. The second kappa shape index (κ2) is 8.70. The van der Waals surface area contributed by atoms with Gasteiger partial charge in [0, 0.05) is 17.8 Å². The lowest BCUT2D eigenvalue weighted by molar-refractivity contribution is 0.245. The van der Waals surface area contributed by atoms with E-state index in [1.165, 1.54) is 28.0 Å². The standard InChI is InChI=1S/C28H31N3O/c1-4-19(2)28(21-8-6-5-7-9-21)31-14-15-32-27-13-11-22(16-24(27)18-31)23-10-12-25-26(17-23)30-20(3)29-25/h5-8,10-13,16-17,19H,4,9,14-15,18H2,1-3H3,(H,29,30)/b28-21+. The monoisotopic (exact) mass is 425 g/mol. The third-order valence-corrected chi connectivity index (χ3v) is 6.61. The van der Waals surface area contributed by atoms with Crippen molar-refractivity contribution in [2.75, 3.05) is 13.2 Å². The van der Waals surface area contributed by atoms with Gasteiger partial charge in [-0.25, -0.2) is 4.98 Å². The van der Waals surface area contributed by atoms with E-state index in [9.17, 15) is 0 Å². The third-order valence-electron chi connectivity index (χ3n) is 6.61. The average Bonchev–Trinajstić information content (AvgIpc) is 3.06. The van der Waals surface area contributed by atoms with Crippen molar-refractivity contribution in [2.24, 2.45) is 5.92 Å². The molecule has 1 N–H and O–H groups in total. The van der Waals surface area contributed by atoms with E-state index >= 15 is 0 Å². The van der Waals surface area contributed by atoms with Crippen LogP contribution in [0, 0.1) is 12.8 Å². The van der Waals surface area contributed by atoms with E-state index in [1.54, 1.807) is 0 Å². The molecule has 2 aromatic carbocycles. The van der Waals surface area contributed by atoms with Crippen LogP contribution in [-0.4, -0.2) is 28.0 Å². The smallest absolute Gasteiger partial charge is 0.124 e. The van der Waals surface area contributed by atoms with Crippen molar-refractivity contribution >= 4 is 11.0 Å². The number of rotatable bonds is 4. The number of nitrogens with one attached hydrogen (secondary N) is 1. The molecule has 0 amide bonds. The number of fused-ring (bicyclic) bond motifs is 2. The highest BCUT2D eigenvalue weighted by atomic mass is 16.5. The molecule has 4 heteroatoms. The Hall–Kier alpha value is -3.27. The lowest BCUT2D eigenvalue weighted by Crippen LogP contribution is -2.29. The summed E-state index contributed by atoms with van der Waals surface area (Å²) in [6.07, 6.45) is 11.0. The Morgan fingerprint density at radius 3 is 2.81 bits per heavy atom. The largest absolute Gasteiger partial charge is 0.491 e. The zero-order valence-electron chi connectivity index (χ0n) is 19.2. The fourth-order valence-electron chi connectivity index (χ4n) is 4.82. The number of imidazole rings is 1. The third kappa shape index (κ3) is 3.97. The molecule has 32 heavy (non-hydrogen) atoms. The second-order valence-electron chi connectivity index (χ2n) is 8.86. The van der Waals surface area contributed by atoms with Crippen molar-refractivity contribution in [3.8, 4) is 16.9 Å². The van der Waals surface area contributed by atoms with Crippen LogP contribution < -0.4 is 4.74 Å². The van der Waals surface area contributed by atoms with E-state index in [0.717, 1.165) is 48.5 Å². The van der Waals surface area contributed by atoms with Crippen molar-refractivity contribution in [1.82, 2.24) is 14.9 Å². The molecule has 3 aromatic rings. The summed E-state index contributed by atoms with van der Waals surface area (Å²) >= 11 is 0. The van der Waals surface area contributed by atoms with Gasteiger partial charge < -0.3 is 14.6 Å². The Bertz CT molecular complexity index is 1230. The molecule has 1 unspecified atom stereocenters. The van der Waals surface area contributed by atoms with Gasteiger partial charge in [0.1, 0.15) is 18.2 Å². The number of hydrogen-bond acceptors (Lipinski definition) is 3. The molecule has 2 aliphatic rings. The predicted molar refractivity (Wildman–Crippen MR) is 132 cm³/mol. The molecule has 0 radical (unpaired) electrons. The van der Waals surface area contributed by atoms with Gasteiger partial charge in [-0.2, -0.15) is 0 Å². The lowest BCUT2D eigenvalue weighted by atomic mass is 9.94. The minimum Gasteiger partial charge on any atom is -0.491 e. The summed E-state index contributed by atoms with van der Waals surface area (Å²) in [5.74, 6) is 2.46. The molecular weight excluding hydrogens is 394 g/mol. The first-order valence-corrected chi connectivity index (χ1v) is 11.7. The first kappa shape index (κ1) is 20.6. The Kier molecular flexibility index (Phi) is 5.60. The van der Waals surface area contributed by atoms with Crippen LogP contribution >= 0.6 is 0 Å². The van der Waals surface area contributed by atoms with E-state index < -0.39 is 0 Å². The van der Waals surface area contributed by atoms with Gasteiger partial charge in [-0.3, -0.25) is 0 Å². The van der Waals surface area contributed by atoms with Crippen LogP contribution in [0.25, 0.3) is 22.2 Å². The fraction of sp³-hybridized carbons (Fsp3) is 0.321. The summed E-state index contributed by atoms with van der Waals surface area (Å²) in [4.78, 5) is 10.4. The van der Waals surface area contributed by atoms with E-state index in [-0.39, 0.29) is 0 Å². The van der Waals surface area contributed by atoms with Gasteiger partial charge in [0.2, 0.25) is 0 Å². The average molecular weight is 426 g/mol. The molecule has 0 saturated carbocycles. The maximum absolute atomic E-state index is 6.18. The summed E-state index contributed by atoms with van der Waals surface area (Å²) in [6, 6.07) is 13.0. The quantitative estimate of drug-likeness (QED) is 0.515. The van der Waals surface area contributed by atoms with Gasteiger partial charge in [0.15, 0.2) is 0 Å². The number of aromatic amines is 1. The summed E-state index contributed by atoms with van der Waals surface area (Å²) < 4.78 is 6.18. The number of aromatic nitrogens is 2. The number of nitrogens with zero attached hydrogens (tertiary/aromatic N) is 2. The molecule has 1 aliphatic heterocycles. The molecular formula is C28H31N3O. The highest BCUT2D eigenvalue weighted by Crippen LogP contribution is 2.34. The van der Waals surface area contributed by atoms with Gasteiger partial charge >= 0.3 is 0 Å². The maximum atomic E-state index is 6.18. The van der Waals surface area contributed by atoms with Crippen molar-refractivity contribution < 1.29 is 4.74 Å². The van der Waals surface area contributed by atoms with E-state index in [1.807, 2.05) is 6.92 Å². The van der Waals surface area contributed by atoms with Crippen LogP contribution in [0.5, 0.6) is 5.75 Å². The molecule has 1 aromatic heterocycles. The summed E-state index contributed by atoms with van der Waals surface area (Å²) in [6.45, 7) is 9.10. The Balaban J connectivity index is 1.51. The number of H-pyrrole nitrogens is 1. The van der Waals surface area contributed by atoms with Crippen LogP contribution in [-0.2, 0) is 6.54 Å². The van der Waals surface area contributed by atoms with Gasteiger partial charge in [-0.15, -0.1) is 0 Å². The van der Waals surface area contributed by atoms with Crippen LogP contribution in [0.2, 0.25) is 0 Å². The van der Waals surface area contributed by atoms with Crippen LogP contribution in [0.4, 0.5) is 0 Å². The summed E-state index contributed by atoms with van der Waals surface area (Å²) in [5.41, 5.74) is 8.63. The minimum atomic E-state index is 0.511. The zero-order chi connectivity index (χ0) is 22.1. The first-order chi connectivity index (χ1) is 15.6. The highest BCUT2D eigenvalue weighted by Gasteiger charge is 2.23. The number of allylic oxidation sites excluding steroid dienone is 6. The normalized spacial score (nSPS) is 18.3. The molecule has 0 bridgehead atoms. The number of hydrogen-bond donors (Lipinski definition) is 1. The number of benzene rings is 2. The number of ether oxygens (including phenoxy) is 1. The van der Waals surface area contributed by atoms with E-state index in [2.05, 4.69) is 89.4 Å². The SMILES string of the molecule is CCC(C)/C(=C1/C=CC=CC1)N1CCOc2ccc(-c3ccc4nc(C)[nH]c4c3)cc2C1. The van der Waals surface area contributed by atoms with Crippen LogP contribution in [0.1, 0.15) is 38.1 Å². The molecule has 2 heterocycles. The van der Waals surface area contributed by atoms with Crippen molar-refractivity contribution in [3.63, 3.8) is 0 Å². The zero-order valence-corrected chi connectivity index (χ0v) is 19.2. The molecule has 0 fully saturated rings. The van der Waals surface area contributed by atoms with Crippen molar-refractivity contribution in [1.29, 1.82) is 0 Å². The van der Waals surface area contributed by atoms with Crippen LogP contribution in [0.3, 0.4) is 0 Å². The topological polar surface area (TPSA) is 41.1 Å². The fourth-order valence-corrected chi connectivity index (χ4v) is 4.82. The molecule has 4 nitrogen and oxygen atoms in total. The summed E-state index contributed by atoms with van der Waals surface area (Å²) in [5, 5.41) is 0. The highest BCUT2D eigenvalue weighted by molar-refractivity contribution is 5.82. The molecule has 1 aliphatic carbocycles. The lowest BCUT2D eigenvalue weighted by Gasteiger charge is -2.32. The Morgan fingerprint density at radius 1 is 1.16 bits per heavy atom. The summed E-state index contributed by atoms with van der Waals surface area (Å²) in [7, 11) is 0. The van der Waals surface area contributed by atoms with E-state index in [0.29, 0.717) is 12.5 Å². The van der Waals surface area contributed by atoms with Crippen molar-refractivity contribution in [2.45, 2.75) is 40.2 Å². The van der Waals surface area contributed by atoms with Crippen LogP contribution in [0.15, 0.2) is 72.0 Å². The van der Waals surface area contributed by atoms with E-state index in [4.69, 9.17) is 4.74 Å². The second-order valence-corrected chi connectivity index (χ2v) is 8.86. The van der Waals surface area contributed by atoms with Gasteiger partial charge in [0.05, 0.1) is 17.6 Å². The van der Waals surface area contributed by atoms with Gasteiger partial charge in [-0.05, 0) is 66.6 Å². The van der Waals surface area contributed by atoms with Gasteiger partial charge in [-0.1, -0.05) is 50.3 Å². The Morgan fingerprint density at radius 2 is 2.00 bits per heavy atom. The molecule has 0 spiro atoms. The minimum absolute atomic E-state index is 0.511.